The zero-order valence-electron chi connectivity index (χ0n) is 17.7. The predicted molar refractivity (Wildman–Crippen MR) is 107 cm³/mol. The van der Waals surface area contributed by atoms with Crippen LogP contribution in [0.25, 0.3) is 0 Å². The Hall–Kier alpha value is -0.920. The van der Waals surface area contributed by atoms with Crippen molar-refractivity contribution in [3.05, 3.63) is 11.6 Å². The van der Waals surface area contributed by atoms with Crippen molar-refractivity contribution in [2.45, 2.75) is 86.5 Å². The van der Waals surface area contributed by atoms with Crippen molar-refractivity contribution in [3.63, 3.8) is 0 Å². The van der Waals surface area contributed by atoms with Crippen molar-refractivity contribution < 1.29 is 9.59 Å². The van der Waals surface area contributed by atoms with Crippen LogP contribution in [-0.2, 0) is 9.59 Å². The lowest BCUT2D eigenvalue weighted by Gasteiger charge is -2.57. The van der Waals surface area contributed by atoms with Gasteiger partial charge < -0.3 is 0 Å². The van der Waals surface area contributed by atoms with Gasteiger partial charge in [-0.2, -0.15) is 0 Å². The topological polar surface area (TPSA) is 34.1 Å². The summed E-state index contributed by atoms with van der Waals surface area (Å²) in [7, 11) is 0. The first-order valence-electron chi connectivity index (χ1n) is 11.1. The highest BCUT2D eigenvalue weighted by Crippen LogP contribution is 2.66. The van der Waals surface area contributed by atoms with Gasteiger partial charge in [-0.05, 0) is 78.6 Å². The summed E-state index contributed by atoms with van der Waals surface area (Å²) < 4.78 is 0. The number of allylic oxidation sites excluding steroid dienone is 1. The van der Waals surface area contributed by atoms with E-state index >= 15 is 0 Å². The molecule has 0 aromatic heterocycles. The molecule has 0 aromatic carbocycles. The molecule has 3 fully saturated rings. The molecule has 0 bridgehead atoms. The van der Waals surface area contributed by atoms with E-state index in [4.69, 9.17) is 0 Å². The molecule has 4 aliphatic rings. The van der Waals surface area contributed by atoms with Crippen molar-refractivity contribution in [1.29, 1.82) is 0 Å². The molecular weight excluding hydrogens is 320 g/mol. The highest BCUT2D eigenvalue weighted by Gasteiger charge is 2.60. The van der Waals surface area contributed by atoms with E-state index in [2.05, 4.69) is 27.7 Å². The van der Waals surface area contributed by atoms with Crippen LogP contribution in [0.1, 0.15) is 86.5 Å². The summed E-state index contributed by atoms with van der Waals surface area (Å²) >= 11 is 0. The zero-order chi connectivity index (χ0) is 19.3. The Morgan fingerprint density at radius 3 is 2.35 bits per heavy atom. The summed E-state index contributed by atoms with van der Waals surface area (Å²) in [5.74, 6) is 3.88. The van der Waals surface area contributed by atoms with Crippen LogP contribution in [-0.4, -0.2) is 11.6 Å². The minimum absolute atomic E-state index is 0.0366. The maximum atomic E-state index is 12.9. The van der Waals surface area contributed by atoms with E-state index in [0.717, 1.165) is 23.8 Å². The number of hydrogen-bond donors (Lipinski definition) is 0. The number of hydrogen-bond acceptors (Lipinski definition) is 2. The monoisotopic (exact) mass is 358 g/mol. The van der Waals surface area contributed by atoms with Crippen LogP contribution >= 0.6 is 0 Å². The van der Waals surface area contributed by atoms with E-state index < -0.39 is 0 Å². The van der Waals surface area contributed by atoms with Crippen LogP contribution in [0.5, 0.6) is 0 Å². The Kier molecular flexibility index (Phi) is 5.27. The van der Waals surface area contributed by atoms with Crippen LogP contribution in [0, 0.1) is 40.4 Å². The third-order valence-electron chi connectivity index (χ3n) is 8.67. The summed E-state index contributed by atoms with van der Waals surface area (Å²) in [4.78, 5) is 24.8. The van der Waals surface area contributed by atoms with E-state index in [1.54, 1.807) is 6.08 Å². The predicted octanol–water partition coefficient (Wildman–Crippen LogP) is 6.00. The van der Waals surface area contributed by atoms with Crippen molar-refractivity contribution >= 4 is 11.6 Å². The second-order valence-electron chi connectivity index (χ2n) is 9.92. The smallest absolute Gasteiger partial charge is 0.159 e. The van der Waals surface area contributed by atoms with Crippen LogP contribution < -0.4 is 0 Å². The lowest BCUT2D eigenvalue weighted by Crippen LogP contribution is -2.53. The standard InChI is InChI=1S/C22H32O2.C2H6/c1-13(2)16-5-6-17-15-12-20(24)19-11-14(23)7-9-22(19,4)18(15)8-10-21(16,17)3;1-2/h11,13,15-18H,5-10,12H2,1-4H3;1-2H3. The normalized spacial score (nSPS) is 44.5. The number of Topliss-reactive ketones (excluding diaryl/α,β-unsaturated/α-hetero) is 1. The third kappa shape index (κ3) is 2.74. The van der Waals surface area contributed by atoms with Crippen molar-refractivity contribution in [2.75, 3.05) is 0 Å². The molecule has 0 N–H and O–H groups in total. The molecule has 4 aliphatic carbocycles. The maximum Gasteiger partial charge on any atom is 0.159 e. The molecule has 2 nitrogen and oxygen atoms in total. The molecule has 4 rings (SSSR count). The maximum absolute atomic E-state index is 12.9. The fourth-order valence-electron chi connectivity index (χ4n) is 7.52. The van der Waals surface area contributed by atoms with E-state index in [-0.39, 0.29) is 17.0 Å². The minimum Gasteiger partial charge on any atom is -0.295 e. The van der Waals surface area contributed by atoms with Crippen LogP contribution in [0.15, 0.2) is 11.6 Å². The van der Waals surface area contributed by atoms with Crippen LogP contribution in [0.4, 0.5) is 0 Å². The summed E-state index contributed by atoms with van der Waals surface area (Å²) in [6, 6.07) is 0. The first-order valence-corrected chi connectivity index (χ1v) is 11.1. The summed E-state index contributed by atoms with van der Waals surface area (Å²) in [6.45, 7) is 13.6. The molecule has 26 heavy (non-hydrogen) atoms. The Labute approximate surface area is 160 Å². The first-order chi connectivity index (χ1) is 12.3. The molecule has 6 unspecified atom stereocenters. The number of carbonyl (C=O) groups is 2. The molecule has 0 heterocycles. The average molecular weight is 359 g/mol. The van der Waals surface area contributed by atoms with E-state index in [9.17, 15) is 9.59 Å². The molecule has 2 heteroatoms. The fourth-order valence-corrected chi connectivity index (χ4v) is 7.52. The summed E-state index contributed by atoms with van der Waals surface area (Å²) in [5.41, 5.74) is 1.27. The van der Waals surface area contributed by atoms with Gasteiger partial charge in [0.2, 0.25) is 0 Å². The largest absolute Gasteiger partial charge is 0.295 e. The van der Waals surface area contributed by atoms with Gasteiger partial charge in [0, 0.05) is 18.4 Å². The molecule has 146 valence electrons. The molecular formula is C24H38O2. The van der Waals surface area contributed by atoms with Crippen molar-refractivity contribution in [3.8, 4) is 0 Å². The first kappa shape index (κ1) is 19.8. The second-order valence-corrected chi connectivity index (χ2v) is 9.92. The van der Waals surface area contributed by atoms with Crippen molar-refractivity contribution in [2.24, 2.45) is 40.4 Å². The van der Waals surface area contributed by atoms with Gasteiger partial charge in [-0.3, -0.25) is 9.59 Å². The average Bonchev–Trinajstić information content (AvgIpc) is 2.96. The van der Waals surface area contributed by atoms with Gasteiger partial charge in [-0.25, -0.2) is 0 Å². The molecule has 0 saturated heterocycles. The molecule has 0 amide bonds. The SMILES string of the molecule is CC.CC(C)C1CCC2C3CC(=O)C4=CC(=O)CCC4(C)C3CCC12C. The second kappa shape index (κ2) is 6.91. The fraction of sp³-hybridized carbons (Fsp3) is 0.833. The molecule has 3 saturated carbocycles. The van der Waals surface area contributed by atoms with Gasteiger partial charge in [-0.15, -0.1) is 0 Å². The van der Waals surface area contributed by atoms with Gasteiger partial charge in [-0.1, -0.05) is 41.5 Å². The van der Waals surface area contributed by atoms with Gasteiger partial charge >= 0.3 is 0 Å². The zero-order valence-corrected chi connectivity index (χ0v) is 17.7. The lowest BCUT2D eigenvalue weighted by molar-refractivity contribution is -0.131. The minimum atomic E-state index is -0.0366. The lowest BCUT2D eigenvalue weighted by atomic mass is 9.46. The summed E-state index contributed by atoms with van der Waals surface area (Å²) in [5, 5.41) is 0. The third-order valence-corrected chi connectivity index (χ3v) is 8.67. The molecule has 0 aromatic rings. The summed E-state index contributed by atoms with van der Waals surface area (Å²) in [6.07, 6.45) is 9.14. The van der Waals surface area contributed by atoms with Crippen LogP contribution in [0.2, 0.25) is 0 Å². The Morgan fingerprint density at radius 1 is 1.00 bits per heavy atom. The van der Waals surface area contributed by atoms with E-state index in [1.807, 2.05) is 13.8 Å². The van der Waals surface area contributed by atoms with Crippen molar-refractivity contribution in [1.82, 2.24) is 0 Å². The molecule has 0 aliphatic heterocycles. The van der Waals surface area contributed by atoms with E-state index in [0.29, 0.717) is 36.0 Å². The van der Waals surface area contributed by atoms with Gasteiger partial charge in [0.05, 0.1) is 0 Å². The number of ketones is 2. The van der Waals surface area contributed by atoms with Gasteiger partial charge in [0.1, 0.15) is 0 Å². The highest BCUT2D eigenvalue weighted by atomic mass is 16.1. The molecule has 6 atom stereocenters. The Morgan fingerprint density at radius 2 is 1.69 bits per heavy atom. The van der Waals surface area contributed by atoms with Gasteiger partial charge in [0.25, 0.3) is 0 Å². The Balaban J connectivity index is 0.000000948. The molecule has 0 spiro atoms. The number of rotatable bonds is 1. The number of fused-ring (bicyclic) bond motifs is 5. The molecule has 0 radical (unpaired) electrons. The number of carbonyl (C=O) groups excluding carboxylic acids is 2. The Bertz CT molecular complexity index is 616. The van der Waals surface area contributed by atoms with E-state index in [1.165, 1.54) is 25.7 Å². The highest BCUT2D eigenvalue weighted by molar-refractivity contribution is 6.05. The van der Waals surface area contributed by atoms with Crippen LogP contribution in [0.3, 0.4) is 0 Å². The van der Waals surface area contributed by atoms with Gasteiger partial charge in [0.15, 0.2) is 11.6 Å². The quantitative estimate of drug-likeness (QED) is 0.576.